The van der Waals surface area contributed by atoms with Crippen LogP contribution in [0.1, 0.15) is 43.2 Å². The predicted molar refractivity (Wildman–Crippen MR) is 86.1 cm³/mol. The van der Waals surface area contributed by atoms with Gasteiger partial charge in [-0.1, -0.05) is 37.0 Å². The van der Waals surface area contributed by atoms with E-state index in [0.29, 0.717) is 6.04 Å². The molecule has 0 amide bonds. The van der Waals surface area contributed by atoms with Gasteiger partial charge >= 0.3 is 0 Å². The largest absolute Gasteiger partial charge is 0.316 e. The lowest BCUT2D eigenvalue weighted by molar-refractivity contribution is 0.294. The monoisotopic (exact) mass is 277 g/mol. The van der Waals surface area contributed by atoms with Crippen molar-refractivity contribution < 1.29 is 0 Å². The highest BCUT2D eigenvalue weighted by molar-refractivity contribution is 7.99. The van der Waals surface area contributed by atoms with E-state index in [-0.39, 0.29) is 0 Å². The molecule has 0 saturated heterocycles. The molecule has 0 aliphatic heterocycles. The van der Waals surface area contributed by atoms with Gasteiger partial charge in [-0.15, -0.1) is 11.8 Å². The third kappa shape index (κ3) is 4.25. The molecule has 0 aromatic heterocycles. The Bertz CT molecular complexity index is 396. The van der Waals surface area contributed by atoms with Crippen LogP contribution in [0.5, 0.6) is 0 Å². The summed E-state index contributed by atoms with van der Waals surface area (Å²) in [5.74, 6) is 2.09. The van der Waals surface area contributed by atoms with Crippen LogP contribution in [0.4, 0.5) is 0 Å². The molecule has 1 aliphatic carbocycles. The van der Waals surface area contributed by atoms with Crippen LogP contribution in [0.25, 0.3) is 0 Å². The third-order valence-electron chi connectivity index (χ3n) is 4.35. The van der Waals surface area contributed by atoms with Crippen molar-refractivity contribution in [3.8, 4) is 0 Å². The van der Waals surface area contributed by atoms with E-state index in [9.17, 15) is 0 Å². The lowest BCUT2D eigenvalue weighted by Gasteiger charge is -2.30. The fraction of sp³-hybridized carbons (Fsp3) is 0.647. The molecule has 0 radical (unpaired) electrons. The zero-order chi connectivity index (χ0) is 13.7. The Morgan fingerprint density at radius 3 is 2.63 bits per heavy atom. The topological polar surface area (TPSA) is 12.0 Å². The number of aryl methyl sites for hydroxylation is 2. The molecule has 0 spiro atoms. The quantitative estimate of drug-likeness (QED) is 0.792. The van der Waals surface area contributed by atoms with Crippen LogP contribution in [0.2, 0.25) is 0 Å². The van der Waals surface area contributed by atoms with Crippen LogP contribution in [-0.2, 0) is 0 Å². The second kappa shape index (κ2) is 7.35. The van der Waals surface area contributed by atoms with Gasteiger partial charge in [0.25, 0.3) is 0 Å². The van der Waals surface area contributed by atoms with Crippen molar-refractivity contribution in [2.45, 2.75) is 56.9 Å². The molecule has 1 aromatic rings. The minimum atomic E-state index is 0.671. The van der Waals surface area contributed by atoms with E-state index in [1.807, 2.05) is 11.8 Å². The van der Waals surface area contributed by atoms with Crippen LogP contribution in [0.3, 0.4) is 0 Å². The normalized spacial score (nSPS) is 18.5. The Balaban J connectivity index is 1.93. The van der Waals surface area contributed by atoms with Gasteiger partial charge in [-0.05, 0) is 51.3 Å². The average molecular weight is 277 g/mol. The van der Waals surface area contributed by atoms with Crippen molar-refractivity contribution in [2.75, 3.05) is 12.8 Å². The lowest BCUT2D eigenvalue weighted by atomic mass is 9.84. The molecule has 2 rings (SSSR count). The summed E-state index contributed by atoms with van der Waals surface area (Å²) in [4.78, 5) is 1.45. The lowest BCUT2D eigenvalue weighted by Crippen LogP contribution is -2.36. The maximum atomic E-state index is 3.56. The summed E-state index contributed by atoms with van der Waals surface area (Å²) < 4.78 is 0. The first-order valence-electron chi connectivity index (χ1n) is 7.58. The molecular formula is C17H27NS. The van der Waals surface area contributed by atoms with Crippen molar-refractivity contribution in [1.29, 1.82) is 0 Å². The van der Waals surface area contributed by atoms with Crippen molar-refractivity contribution >= 4 is 11.8 Å². The molecule has 2 heteroatoms. The minimum Gasteiger partial charge on any atom is -0.316 e. The molecular weight excluding hydrogens is 250 g/mol. The van der Waals surface area contributed by atoms with E-state index >= 15 is 0 Å². The second-order valence-corrected chi connectivity index (χ2v) is 6.94. The zero-order valence-electron chi connectivity index (χ0n) is 12.5. The molecule has 1 N–H and O–H groups in total. The number of hydrogen-bond donors (Lipinski definition) is 1. The molecule has 1 aliphatic rings. The van der Waals surface area contributed by atoms with E-state index < -0.39 is 0 Å². The first-order chi connectivity index (χ1) is 9.20. The summed E-state index contributed by atoms with van der Waals surface area (Å²) in [6, 6.07) is 7.45. The zero-order valence-corrected chi connectivity index (χ0v) is 13.4. The van der Waals surface area contributed by atoms with Gasteiger partial charge < -0.3 is 5.32 Å². The molecule has 19 heavy (non-hydrogen) atoms. The van der Waals surface area contributed by atoms with Crippen molar-refractivity contribution in [3.05, 3.63) is 29.3 Å². The number of nitrogens with one attached hydrogen (secondary N) is 1. The summed E-state index contributed by atoms with van der Waals surface area (Å²) >= 11 is 2.03. The number of thioether (sulfide) groups is 1. The molecule has 1 fully saturated rings. The van der Waals surface area contributed by atoms with Crippen LogP contribution in [-0.4, -0.2) is 18.8 Å². The molecule has 106 valence electrons. The molecule has 1 nitrogen and oxygen atoms in total. The average Bonchev–Trinajstić information content (AvgIpc) is 2.44. The van der Waals surface area contributed by atoms with Gasteiger partial charge in [-0.25, -0.2) is 0 Å². The fourth-order valence-electron chi connectivity index (χ4n) is 3.03. The van der Waals surface area contributed by atoms with Gasteiger partial charge in [0.2, 0.25) is 0 Å². The molecule has 0 bridgehead atoms. The van der Waals surface area contributed by atoms with E-state index in [4.69, 9.17) is 0 Å². The smallest absolute Gasteiger partial charge is 0.0186 e. The SMILES string of the molecule is CNC(CSc1cc(C)ccc1C)C1CCCCC1. The standard InChI is InChI=1S/C17H27NS/c1-13-9-10-14(2)17(11-13)19-12-16(18-3)15-7-5-4-6-8-15/h9-11,15-16,18H,4-8,12H2,1-3H3. The Morgan fingerprint density at radius 1 is 1.21 bits per heavy atom. The maximum absolute atomic E-state index is 3.56. The highest BCUT2D eigenvalue weighted by atomic mass is 32.2. The van der Waals surface area contributed by atoms with Crippen molar-refractivity contribution in [3.63, 3.8) is 0 Å². The van der Waals surface area contributed by atoms with Gasteiger partial charge in [-0.2, -0.15) is 0 Å². The number of hydrogen-bond acceptors (Lipinski definition) is 2. The van der Waals surface area contributed by atoms with Crippen LogP contribution in [0.15, 0.2) is 23.1 Å². The van der Waals surface area contributed by atoms with Gasteiger partial charge in [0.15, 0.2) is 0 Å². The maximum Gasteiger partial charge on any atom is 0.0186 e. The van der Waals surface area contributed by atoms with Crippen molar-refractivity contribution in [1.82, 2.24) is 5.32 Å². The van der Waals surface area contributed by atoms with E-state index in [1.54, 1.807) is 0 Å². The minimum absolute atomic E-state index is 0.671. The van der Waals surface area contributed by atoms with Crippen LogP contribution >= 0.6 is 11.8 Å². The summed E-state index contributed by atoms with van der Waals surface area (Å²) in [6.45, 7) is 4.40. The Kier molecular flexibility index (Phi) is 5.77. The molecule has 1 saturated carbocycles. The predicted octanol–water partition coefficient (Wildman–Crippen LogP) is 4.56. The summed E-state index contributed by atoms with van der Waals surface area (Å²) in [7, 11) is 2.13. The highest BCUT2D eigenvalue weighted by Gasteiger charge is 2.22. The van der Waals surface area contributed by atoms with Crippen LogP contribution in [0, 0.1) is 19.8 Å². The summed E-state index contributed by atoms with van der Waals surface area (Å²) in [5.41, 5.74) is 2.78. The Morgan fingerprint density at radius 2 is 1.95 bits per heavy atom. The van der Waals surface area contributed by atoms with Gasteiger partial charge in [0.05, 0.1) is 0 Å². The van der Waals surface area contributed by atoms with Gasteiger partial charge in [0.1, 0.15) is 0 Å². The van der Waals surface area contributed by atoms with Gasteiger partial charge in [0, 0.05) is 16.7 Å². The van der Waals surface area contributed by atoms with E-state index in [1.165, 1.54) is 53.9 Å². The molecule has 1 atom stereocenters. The highest BCUT2D eigenvalue weighted by Crippen LogP contribution is 2.30. The molecule has 1 aromatic carbocycles. The number of rotatable bonds is 5. The number of benzene rings is 1. The molecule has 1 unspecified atom stereocenters. The Hall–Kier alpha value is -0.470. The third-order valence-corrected chi connectivity index (χ3v) is 5.63. The van der Waals surface area contributed by atoms with Gasteiger partial charge in [-0.3, -0.25) is 0 Å². The van der Waals surface area contributed by atoms with Crippen LogP contribution < -0.4 is 5.32 Å². The van der Waals surface area contributed by atoms with E-state index in [0.717, 1.165) is 5.92 Å². The van der Waals surface area contributed by atoms with Crippen molar-refractivity contribution in [2.24, 2.45) is 5.92 Å². The summed E-state index contributed by atoms with van der Waals surface area (Å²) in [5, 5.41) is 3.56. The summed E-state index contributed by atoms with van der Waals surface area (Å²) in [6.07, 6.45) is 7.13. The molecule has 0 heterocycles. The van der Waals surface area contributed by atoms with E-state index in [2.05, 4.69) is 44.4 Å². The Labute approximate surface area is 122 Å². The first kappa shape index (κ1) is 14.9. The first-order valence-corrected chi connectivity index (χ1v) is 8.56. The fourth-order valence-corrected chi connectivity index (χ4v) is 4.40. The second-order valence-electron chi connectivity index (χ2n) is 5.87.